The fraction of sp³-hybridized carbons (Fsp3) is 0.318. The highest BCUT2D eigenvalue weighted by Gasteiger charge is 2.24. The minimum Gasteiger partial charge on any atom is -0.341 e. The molecule has 1 amide bonds. The summed E-state index contributed by atoms with van der Waals surface area (Å²) < 4.78 is 28.2. The molecule has 1 fully saturated rings. The Hall–Kier alpha value is -2.31. The highest BCUT2D eigenvalue weighted by Crippen LogP contribution is 2.29. The zero-order chi connectivity index (χ0) is 20.4. The van der Waals surface area contributed by atoms with Crippen LogP contribution in [0.1, 0.15) is 24.8 Å². The van der Waals surface area contributed by atoms with Crippen LogP contribution >= 0.6 is 11.6 Å². The van der Waals surface area contributed by atoms with Crippen LogP contribution in [0.5, 0.6) is 0 Å². The molecule has 0 spiro atoms. The van der Waals surface area contributed by atoms with Crippen LogP contribution in [0, 0.1) is 0 Å². The van der Waals surface area contributed by atoms with E-state index in [4.69, 9.17) is 11.6 Å². The van der Waals surface area contributed by atoms with E-state index < -0.39 is 9.84 Å². The third kappa shape index (κ3) is 4.19. The van der Waals surface area contributed by atoms with E-state index in [1.165, 1.54) is 0 Å². The summed E-state index contributed by atoms with van der Waals surface area (Å²) >= 11 is 6.18. The Kier molecular flexibility index (Phi) is 5.65. The second-order valence-corrected chi connectivity index (χ2v) is 9.80. The van der Waals surface area contributed by atoms with Crippen LogP contribution in [-0.2, 0) is 26.9 Å². The molecule has 1 saturated heterocycles. The van der Waals surface area contributed by atoms with Gasteiger partial charge in [0.2, 0.25) is 5.91 Å². The van der Waals surface area contributed by atoms with Gasteiger partial charge in [-0.1, -0.05) is 48.0 Å². The number of benzene rings is 2. The Balaban J connectivity index is 1.68. The first-order chi connectivity index (χ1) is 14.0. The number of nitrogens with zero attached hydrogens (tertiary/aromatic N) is 2. The number of piperidine rings is 1. The molecule has 7 heteroatoms. The molecule has 5 nitrogen and oxygen atoms in total. The SMILES string of the molecule is O=C(Cn1cc(S(=O)(=O)Cc2ccccc2Cl)c2ccccc21)N1CCCCC1. The number of para-hydroxylation sites is 1. The number of rotatable bonds is 5. The van der Waals surface area contributed by atoms with Crippen molar-refractivity contribution in [2.75, 3.05) is 13.1 Å². The normalized spacial score (nSPS) is 15.0. The van der Waals surface area contributed by atoms with Gasteiger partial charge in [0.1, 0.15) is 6.54 Å². The van der Waals surface area contributed by atoms with Crippen molar-refractivity contribution in [3.63, 3.8) is 0 Å². The molecule has 2 heterocycles. The number of carbonyl (C=O) groups excluding carboxylic acids is 1. The number of likely N-dealkylation sites (tertiary alicyclic amines) is 1. The molecular formula is C22H23ClN2O3S. The minimum absolute atomic E-state index is 0.0282. The van der Waals surface area contributed by atoms with Gasteiger partial charge in [-0.05, 0) is 37.0 Å². The van der Waals surface area contributed by atoms with Crippen LogP contribution in [0.4, 0.5) is 0 Å². The van der Waals surface area contributed by atoms with Gasteiger partial charge < -0.3 is 9.47 Å². The molecule has 0 radical (unpaired) electrons. The average Bonchev–Trinajstić information content (AvgIpc) is 3.10. The molecule has 1 aliphatic rings. The number of aromatic nitrogens is 1. The van der Waals surface area contributed by atoms with Crippen molar-refractivity contribution in [2.45, 2.75) is 36.5 Å². The average molecular weight is 431 g/mol. The molecule has 2 aromatic carbocycles. The van der Waals surface area contributed by atoms with Crippen molar-refractivity contribution in [3.05, 3.63) is 65.3 Å². The fourth-order valence-corrected chi connectivity index (χ4v) is 5.77. The largest absolute Gasteiger partial charge is 0.341 e. The lowest BCUT2D eigenvalue weighted by molar-refractivity contribution is -0.132. The molecule has 29 heavy (non-hydrogen) atoms. The van der Waals surface area contributed by atoms with E-state index in [-0.39, 0.29) is 23.1 Å². The number of carbonyl (C=O) groups is 1. The number of fused-ring (bicyclic) bond motifs is 1. The van der Waals surface area contributed by atoms with Gasteiger partial charge in [0.15, 0.2) is 9.84 Å². The third-order valence-electron chi connectivity index (χ3n) is 5.40. The molecule has 0 unspecified atom stereocenters. The van der Waals surface area contributed by atoms with Crippen molar-refractivity contribution in [1.82, 2.24) is 9.47 Å². The summed E-state index contributed by atoms with van der Waals surface area (Å²) in [4.78, 5) is 14.9. The smallest absolute Gasteiger partial charge is 0.242 e. The summed E-state index contributed by atoms with van der Waals surface area (Å²) in [5.41, 5.74) is 1.31. The summed E-state index contributed by atoms with van der Waals surface area (Å²) in [6.07, 6.45) is 4.80. The predicted octanol–water partition coefficient (Wildman–Crippen LogP) is 4.28. The summed E-state index contributed by atoms with van der Waals surface area (Å²) in [6.45, 7) is 1.69. The third-order valence-corrected chi connectivity index (χ3v) is 7.46. The highest BCUT2D eigenvalue weighted by atomic mass is 35.5. The first-order valence-corrected chi connectivity index (χ1v) is 11.8. The number of amides is 1. The molecule has 0 N–H and O–H groups in total. The molecule has 3 aromatic rings. The van der Waals surface area contributed by atoms with Crippen LogP contribution < -0.4 is 0 Å². The van der Waals surface area contributed by atoms with Gasteiger partial charge in [0.25, 0.3) is 0 Å². The van der Waals surface area contributed by atoms with E-state index >= 15 is 0 Å². The maximum Gasteiger partial charge on any atom is 0.242 e. The van der Waals surface area contributed by atoms with Gasteiger partial charge in [0.05, 0.1) is 10.6 Å². The van der Waals surface area contributed by atoms with Crippen molar-refractivity contribution in [2.24, 2.45) is 0 Å². The number of halogens is 1. The number of hydrogen-bond acceptors (Lipinski definition) is 3. The lowest BCUT2D eigenvalue weighted by Gasteiger charge is -2.27. The second kappa shape index (κ2) is 8.20. The van der Waals surface area contributed by atoms with E-state index in [2.05, 4.69) is 0 Å². The predicted molar refractivity (Wildman–Crippen MR) is 115 cm³/mol. The van der Waals surface area contributed by atoms with Crippen LogP contribution in [0.25, 0.3) is 10.9 Å². The van der Waals surface area contributed by atoms with Crippen molar-refractivity contribution in [3.8, 4) is 0 Å². The van der Waals surface area contributed by atoms with Gasteiger partial charge in [-0.3, -0.25) is 4.79 Å². The molecule has 0 bridgehead atoms. The summed E-state index contributed by atoms with van der Waals surface area (Å²) in [5.74, 6) is -0.152. The lowest BCUT2D eigenvalue weighted by Crippen LogP contribution is -2.37. The maximum absolute atomic E-state index is 13.2. The molecular weight excluding hydrogens is 408 g/mol. The summed E-state index contributed by atoms with van der Waals surface area (Å²) in [5, 5.41) is 1.06. The molecule has 0 atom stereocenters. The zero-order valence-electron chi connectivity index (χ0n) is 16.1. The Labute approximate surface area is 175 Å². The first kappa shape index (κ1) is 20.0. The summed E-state index contributed by atoms with van der Waals surface area (Å²) in [6, 6.07) is 14.3. The van der Waals surface area contributed by atoms with Crippen LogP contribution in [0.3, 0.4) is 0 Å². The lowest BCUT2D eigenvalue weighted by atomic mass is 10.1. The van der Waals surface area contributed by atoms with Crippen molar-refractivity contribution >= 4 is 38.2 Å². The van der Waals surface area contributed by atoms with E-state index in [0.717, 1.165) is 37.9 Å². The zero-order valence-corrected chi connectivity index (χ0v) is 17.6. The van der Waals surface area contributed by atoms with Crippen molar-refractivity contribution < 1.29 is 13.2 Å². The summed E-state index contributed by atoms with van der Waals surface area (Å²) in [7, 11) is -3.63. The van der Waals surface area contributed by atoms with Gasteiger partial charge in [-0.25, -0.2) is 8.42 Å². The second-order valence-electron chi connectivity index (χ2n) is 7.43. The van der Waals surface area contributed by atoms with Gasteiger partial charge in [-0.2, -0.15) is 0 Å². The molecule has 1 aromatic heterocycles. The fourth-order valence-electron chi connectivity index (χ4n) is 3.88. The van der Waals surface area contributed by atoms with Gasteiger partial charge >= 0.3 is 0 Å². The van der Waals surface area contributed by atoms with Crippen LogP contribution in [0.15, 0.2) is 59.6 Å². The van der Waals surface area contributed by atoms with E-state index in [1.807, 2.05) is 23.1 Å². The molecule has 152 valence electrons. The van der Waals surface area contributed by atoms with Gasteiger partial charge in [-0.15, -0.1) is 0 Å². The number of hydrogen-bond donors (Lipinski definition) is 0. The minimum atomic E-state index is -3.63. The maximum atomic E-state index is 13.2. The quantitative estimate of drug-likeness (QED) is 0.607. The number of sulfone groups is 1. The molecule has 0 aliphatic carbocycles. The topological polar surface area (TPSA) is 59.4 Å². The first-order valence-electron chi connectivity index (χ1n) is 9.77. The highest BCUT2D eigenvalue weighted by molar-refractivity contribution is 7.90. The standard InChI is InChI=1S/C22H23ClN2O3S/c23-19-10-4-2-8-17(19)16-29(27,28)21-14-25(20-11-5-3-9-18(20)21)15-22(26)24-12-6-1-7-13-24/h2-5,8-11,14H,1,6-7,12-13,15-16H2. The molecule has 4 rings (SSSR count). The van der Waals surface area contributed by atoms with Crippen LogP contribution in [0.2, 0.25) is 5.02 Å². The Morgan fingerprint density at radius 3 is 2.41 bits per heavy atom. The molecule has 0 saturated carbocycles. The Morgan fingerprint density at radius 1 is 0.966 bits per heavy atom. The Morgan fingerprint density at radius 2 is 1.66 bits per heavy atom. The van der Waals surface area contributed by atoms with E-state index in [0.29, 0.717) is 16.0 Å². The van der Waals surface area contributed by atoms with Crippen LogP contribution in [-0.4, -0.2) is 36.9 Å². The van der Waals surface area contributed by atoms with E-state index in [1.54, 1.807) is 41.1 Å². The van der Waals surface area contributed by atoms with E-state index in [9.17, 15) is 13.2 Å². The van der Waals surface area contributed by atoms with Crippen molar-refractivity contribution in [1.29, 1.82) is 0 Å². The monoisotopic (exact) mass is 430 g/mol. The molecule has 1 aliphatic heterocycles. The van der Waals surface area contributed by atoms with Gasteiger partial charge in [0, 0.05) is 35.2 Å². The Bertz CT molecular complexity index is 1150.